The fourth-order valence-corrected chi connectivity index (χ4v) is 3.64. The Morgan fingerprint density at radius 3 is 2.96 bits per heavy atom. The van der Waals surface area contributed by atoms with Gasteiger partial charge in [0.1, 0.15) is 0 Å². The minimum absolute atomic E-state index is 0.184. The zero-order chi connectivity index (χ0) is 18.1. The number of likely N-dealkylation sites (tertiary alicyclic amines) is 1. The number of piperidine rings is 1. The third kappa shape index (κ3) is 6.69. The lowest BCUT2D eigenvalue weighted by atomic mass is 9.93. The van der Waals surface area contributed by atoms with Crippen molar-refractivity contribution < 1.29 is 9.59 Å². The van der Waals surface area contributed by atoms with Gasteiger partial charge in [-0.15, -0.1) is 0 Å². The predicted octanol–water partition coefficient (Wildman–Crippen LogP) is 2.46. The first-order chi connectivity index (χ1) is 12.1. The second-order valence-electron chi connectivity index (χ2n) is 6.71. The first-order valence-electron chi connectivity index (χ1n) is 9.00. The zero-order valence-corrected chi connectivity index (χ0v) is 16.1. The fraction of sp³-hybridized carbons (Fsp3) is 0.632. The maximum absolute atomic E-state index is 12.3. The lowest BCUT2D eigenvalue weighted by Crippen LogP contribution is -2.41. The summed E-state index contributed by atoms with van der Waals surface area (Å²) in [4.78, 5) is 32.4. The molecule has 1 aliphatic heterocycles. The molecule has 1 aliphatic rings. The summed E-state index contributed by atoms with van der Waals surface area (Å²) in [6.45, 7) is 2.37. The molecule has 0 spiro atoms. The van der Waals surface area contributed by atoms with Gasteiger partial charge in [-0.25, -0.2) is 0 Å². The smallest absolute Gasteiger partial charge is 0.232 e. The summed E-state index contributed by atoms with van der Waals surface area (Å²) in [5, 5.41) is 0. The van der Waals surface area contributed by atoms with Crippen molar-refractivity contribution in [1.29, 1.82) is 0 Å². The maximum Gasteiger partial charge on any atom is 0.232 e. The first-order valence-corrected chi connectivity index (χ1v) is 10.4. The SMILES string of the molecule is CSCC(=O)N1CCC[C@H](CCC(=O)N(C)CCc2ccccn2)C1. The summed E-state index contributed by atoms with van der Waals surface area (Å²) in [5.74, 6) is 1.43. The molecule has 0 radical (unpaired) electrons. The first kappa shape index (κ1) is 19.8. The quantitative estimate of drug-likeness (QED) is 0.712. The van der Waals surface area contributed by atoms with Crippen molar-refractivity contribution >= 4 is 23.6 Å². The summed E-state index contributed by atoms with van der Waals surface area (Å²) in [6, 6.07) is 5.85. The van der Waals surface area contributed by atoms with Crippen LogP contribution in [0.4, 0.5) is 0 Å². The average Bonchev–Trinajstić information content (AvgIpc) is 2.65. The lowest BCUT2D eigenvalue weighted by Gasteiger charge is -2.33. The molecule has 2 rings (SSSR count). The number of carbonyl (C=O) groups excluding carboxylic acids is 2. The molecule has 2 heterocycles. The largest absolute Gasteiger partial charge is 0.345 e. The normalized spacial score (nSPS) is 17.4. The zero-order valence-electron chi connectivity index (χ0n) is 15.3. The molecule has 1 saturated heterocycles. The molecule has 0 saturated carbocycles. The molecule has 5 nitrogen and oxygen atoms in total. The Balaban J connectivity index is 1.70. The monoisotopic (exact) mass is 363 g/mol. The van der Waals surface area contributed by atoms with E-state index < -0.39 is 0 Å². The van der Waals surface area contributed by atoms with Gasteiger partial charge in [0.25, 0.3) is 0 Å². The van der Waals surface area contributed by atoms with Crippen molar-refractivity contribution in [2.24, 2.45) is 5.92 Å². The van der Waals surface area contributed by atoms with Crippen molar-refractivity contribution in [3.63, 3.8) is 0 Å². The second kappa shape index (κ2) is 10.4. The molecule has 25 heavy (non-hydrogen) atoms. The van der Waals surface area contributed by atoms with Crippen LogP contribution in [0.2, 0.25) is 0 Å². The molecule has 1 aromatic heterocycles. The van der Waals surface area contributed by atoms with Crippen molar-refractivity contribution in [2.75, 3.05) is 38.7 Å². The van der Waals surface area contributed by atoms with Crippen LogP contribution in [0.15, 0.2) is 24.4 Å². The predicted molar refractivity (Wildman–Crippen MR) is 102 cm³/mol. The Morgan fingerprint density at radius 2 is 2.24 bits per heavy atom. The van der Waals surface area contributed by atoms with Gasteiger partial charge < -0.3 is 9.80 Å². The van der Waals surface area contributed by atoms with Gasteiger partial charge in [0.15, 0.2) is 0 Å². The van der Waals surface area contributed by atoms with Crippen LogP contribution >= 0.6 is 11.8 Å². The summed E-state index contributed by atoms with van der Waals surface area (Å²) in [7, 11) is 1.86. The Kier molecular flexibility index (Phi) is 8.25. The molecule has 0 N–H and O–H groups in total. The summed E-state index contributed by atoms with van der Waals surface area (Å²) in [5.41, 5.74) is 1.01. The number of likely N-dealkylation sites (N-methyl/N-ethyl adjacent to an activating group) is 1. The Hall–Kier alpha value is -1.56. The van der Waals surface area contributed by atoms with E-state index >= 15 is 0 Å². The van der Waals surface area contributed by atoms with E-state index in [2.05, 4.69) is 4.98 Å². The van der Waals surface area contributed by atoms with Gasteiger partial charge >= 0.3 is 0 Å². The number of aromatic nitrogens is 1. The number of hydrogen-bond acceptors (Lipinski definition) is 4. The summed E-state index contributed by atoms with van der Waals surface area (Å²) >= 11 is 1.57. The maximum atomic E-state index is 12.3. The Morgan fingerprint density at radius 1 is 1.40 bits per heavy atom. The molecular formula is C19H29N3O2S. The van der Waals surface area contributed by atoms with E-state index in [1.54, 1.807) is 22.9 Å². The van der Waals surface area contributed by atoms with Crippen molar-refractivity contribution in [3.05, 3.63) is 30.1 Å². The van der Waals surface area contributed by atoms with Gasteiger partial charge in [-0.2, -0.15) is 11.8 Å². The highest BCUT2D eigenvalue weighted by Crippen LogP contribution is 2.22. The van der Waals surface area contributed by atoms with Gasteiger partial charge in [0, 0.05) is 51.4 Å². The number of rotatable bonds is 8. The fourth-order valence-electron chi connectivity index (χ4n) is 3.21. The van der Waals surface area contributed by atoms with Gasteiger partial charge in [-0.3, -0.25) is 14.6 Å². The van der Waals surface area contributed by atoms with Crippen LogP contribution in [0.1, 0.15) is 31.4 Å². The number of pyridine rings is 1. The number of amides is 2. The van der Waals surface area contributed by atoms with E-state index in [0.717, 1.165) is 44.5 Å². The molecule has 1 aromatic rings. The number of nitrogens with zero attached hydrogens (tertiary/aromatic N) is 3. The van der Waals surface area contributed by atoms with E-state index in [9.17, 15) is 9.59 Å². The molecule has 1 fully saturated rings. The molecule has 0 unspecified atom stereocenters. The molecule has 138 valence electrons. The third-order valence-corrected chi connectivity index (χ3v) is 5.30. The van der Waals surface area contributed by atoms with Gasteiger partial charge in [-0.1, -0.05) is 6.07 Å². The van der Waals surface area contributed by atoms with Crippen molar-refractivity contribution in [2.45, 2.75) is 32.1 Å². The van der Waals surface area contributed by atoms with E-state index in [-0.39, 0.29) is 11.8 Å². The van der Waals surface area contributed by atoms with Crippen molar-refractivity contribution in [1.82, 2.24) is 14.8 Å². The van der Waals surface area contributed by atoms with Crippen LogP contribution in [0.3, 0.4) is 0 Å². The Bertz CT molecular complexity index is 553. The van der Waals surface area contributed by atoms with Crippen LogP contribution in [0.25, 0.3) is 0 Å². The van der Waals surface area contributed by atoms with E-state index in [1.807, 2.05) is 36.4 Å². The highest BCUT2D eigenvalue weighted by Gasteiger charge is 2.24. The van der Waals surface area contributed by atoms with Gasteiger partial charge in [0.2, 0.25) is 11.8 Å². The lowest BCUT2D eigenvalue weighted by molar-refractivity contribution is -0.130. The molecule has 1 atom stereocenters. The van der Waals surface area contributed by atoms with Crippen molar-refractivity contribution in [3.8, 4) is 0 Å². The molecule has 6 heteroatoms. The highest BCUT2D eigenvalue weighted by molar-refractivity contribution is 7.99. The summed E-state index contributed by atoms with van der Waals surface area (Å²) in [6.07, 6.45) is 8.12. The molecule has 0 aliphatic carbocycles. The molecule has 2 amide bonds. The highest BCUT2D eigenvalue weighted by atomic mass is 32.2. The number of carbonyl (C=O) groups is 2. The standard InChI is InChI=1S/C19H29N3O2S/c1-21(13-10-17-7-3-4-11-20-17)18(23)9-8-16-6-5-12-22(14-16)19(24)15-25-2/h3-4,7,11,16H,5-6,8-10,12-15H2,1-2H3/t16-/m1/s1. The Labute approximate surface area is 155 Å². The third-order valence-electron chi connectivity index (χ3n) is 4.76. The molecular weight excluding hydrogens is 334 g/mol. The van der Waals surface area contributed by atoms with Crippen LogP contribution in [-0.4, -0.2) is 65.3 Å². The summed E-state index contributed by atoms with van der Waals surface area (Å²) < 4.78 is 0. The van der Waals surface area contributed by atoms with Crippen LogP contribution in [0, 0.1) is 5.92 Å². The average molecular weight is 364 g/mol. The van der Waals surface area contributed by atoms with Crippen LogP contribution in [0.5, 0.6) is 0 Å². The van der Waals surface area contributed by atoms with E-state index in [4.69, 9.17) is 0 Å². The van der Waals surface area contributed by atoms with Gasteiger partial charge in [-0.05, 0) is 43.6 Å². The topological polar surface area (TPSA) is 53.5 Å². The minimum Gasteiger partial charge on any atom is -0.345 e. The molecule has 0 bridgehead atoms. The van der Waals surface area contributed by atoms with Crippen LogP contribution in [-0.2, 0) is 16.0 Å². The van der Waals surface area contributed by atoms with Gasteiger partial charge in [0.05, 0.1) is 5.75 Å². The van der Waals surface area contributed by atoms with E-state index in [1.165, 1.54) is 0 Å². The number of hydrogen-bond donors (Lipinski definition) is 0. The van der Waals surface area contributed by atoms with E-state index in [0.29, 0.717) is 24.6 Å². The second-order valence-corrected chi connectivity index (χ2v) is 7.57. The minimum atomic E-state index is 0.184. The number of thioether (sulfide) groups is 1. The molecule has 0 aromatic carbocycles. The van der Waals surface area contributed by atoms with Crippen LogP contribution < -0.4 is 0 Å².